The monoisotopic (exact) mass is 395 g/mol. The molecule has 3 nitrogen and oxygen atoms in total. The summed E-state index contributed by atoms with van der Waals surface area (Å²) in [6.45, 7) is 13.9. The van der Waals surface area contributed by atoms with Crippen LogP contribution in [-0.4, -0.2) is 29.6 Å². The molecule has 0 saturated heterocycles. The molecule has 23 heavy (non-hydrogen) atoms. The highest BCUT2D eigenvalue weighted by Gasteiger charge is 2.46. The second-order valence-electron chi connectivity index (χ2n) is 7.34. The summed E-state index contributed by atoms with van der Waals surface area (Å²) < 4.78 is 3.43. The lowest BCUT2D eigenvalue weighted by atomic mass is 9.80. The molecule has 0 radical (unpaired) electrons. The summed E-state index contributed by atoms with van der Waals surface area (Å²) in [6, 6.07) is 6.04. The minimum Gasteiger partial charge on any atom is -0.423 e. The van der Waals surface area contributed by atoms with Gasteiger partial charge >= 0.3 is 7.12 Å². The third-order valence-corrected chi connectivity index (χ3v) is 12.5. The fourth-order valence-electron chi connectivity index (χ4n) is 4.59. The Hall–Kier alpha value is -0.558. The van der Waals surface area contributed by atoms with E-state index in [0.717, 1.165) is 15.4 Å². The van der Waals surface area contributed by atoms with E-state index in [1.807, 2.05) is 18.3 Å². The highest BCUT2D eigenvalue weighted by Crippen LogP contribution is 2.44. The van der Waals surface area contributed by atoms with E-state index < -0.39 is 15.4 Å². The first-order valence-corrected chi connectivity index (χ1v) is 11.3. The molecule has 0 saturated carbocycles. The molecule has 2 aromatic rings. The summed E-state index contributed by atoms with van der Waals surface area (Å²) in [5.41, 5.74) is 3.33. The quantitative estimate of drug-likeness (QED) is 0.748. The first kappa shape index (κ1) is 18.8. The number of halogens is 1. The van der Waals surface area contributed by atoms with E-state index in [9.17, 15) is 10.0 Å². The van der Waals surface area contributed by atoms with E-state index in [4.69, 9.17) is 0 Å². The predicted molar refractivity (Wildman–Crippen MR) is 106 cm³/mol. The van der Waals surface area contributed by atoms with Crippen LogP contribution in [0.1, 0.15) is 41.5 Å². The summed E-state index contributed by atoms with van der Waals surface area (Å²) >= 11 is 3.57. The van der Waals surface area contributed by atoms with Crippen molar-refractivity contribution in [2.45, 2.75) is 58.2 Å². The maximum absolute atomic E-state index is 9.83. The van der Waals surface area contributed by atoms with Crippen LogP contribution in [-0.2, 0) is 0 Å². The maximum atomic E-state index is 9.83. The molecular weight excluding hydrogens is 369 g/mol. The third-order valence-electron chi connectivity index (χ3n) is 5.27. The second-order valence-corrected chi connectivity index (χ2v) is 14.0. The summed E-state index contributed by atoms with van der Waals surface area (Å²) in [5, 5.41) is 20.6. The molecule has 126 valence electrons. The molecule has 0 amide bonds. The van der Waals surface area contributed by atoms with Gasteiger partial charge in [0.1, 0.15) is 0 Å². The minimum absolute atomic E-state index is 0.542. The van der Waals surface area contributed by atoms with Crippen molar-refractivity contribution in [3.8, 4) is 0 Å². The van der Waals surface area contributed by atoms with Gasteiger partial charge in [0.25, 0.3) is 0 Å². The van der Waals surface area contributed by atoms with Crippen LogP contribution in [0.5, 0.6) is 0 Å². The van der Waals surface area contributed by atoms with Crippen molar-refractivity contribution in [2.24, 2.45) is 0 Å². The van der Waals surface area contributed by atoms with Crippen molar-refractivity contribution < 1.29 is 10.0 Å². The van der Waals surface area contributed by atoms with Crippen LogP contribution in [0.25, 0.3) is 10.9 Å². The molecule has 0 fully saturated rings. The van der Waals surface area contributed by atoms with Gasteiger partial charge in [0.2, 0.25) is 0 Å². The second kappa shape index (κ2) is 6.75. The van der Waals surface area contributed by atoms with Gasteiger partial charge < -0.3 is 14.3 Å². The van der Waals surface area contributed by atoms with Crippen molar-refractivity contribution in [3.63, 3.8) is 0 Å². The molecule has 0 aliphatic carbocycles. The molecule has 1 aromatic carbocycles. The molecule has 6 heteroatoms. The van der Waals surface area contributed by atoms with Gasteiger partial charge in [0.15, 0.2) is 8.24 Å². The fourth-order valence-corrected chi connectivity index (χ4v) is 11.6. The normalized spacial score (nSPS) is 12.9. The van der Waals surface area contributed by atoms with Crippen molar-refractivity contribution >= 4 is 47.6 Å². The first-order chi connectivity index (χ1) is 10.6. The molecule has 0 bridgehead atoms. The van der Waals surface area contributed by atoms with Crippen molar-refractivity contribution in [3.05, 3.63) is 28.9 Å². The van der Waals surface area contributed by atoms with Crippen LogP contribution in [0.3, 0.4) is 0 Å². The molecular formula is C17H27BBrNO2Si. The minimum atomic E-state index is -1.94. The Balaban J connectivity index is 2.91. The van der Waals surface area contributed by atoms with Crippen molar-refractivity contribution in [2.75, 3.05) is 0 Å². The molecule has 1 heterocycles. The molecule has 0 aliphatic heterocycles. The topological polar surface area (TPSA) is 45.4 Å². The molecule has 0 aliphatic rings. The van der Waals surface area contributed by atoms with Gasteiger partial charge in [-0.05, 0) is 40.3 Å². The zero-order chi connectivity index (χ0) is 17.5. The number of fused-ring (bicyclic) bond motifs is 1. The van der Waals surface area contributed by atoms with Gasteiger partial charge in [-0.25, -0.2) is 0 Å². The lowest BCUT2D eigenvalue weighted by Gasteiger charge is -2.44. The van der Waals surface area contributed by atoms with Crippen LogP contribution < -0.4 is 5.46 Å². The fraction of sp³-hybridized carbons (Fsp3) is 0.529. The van der Waals surface area contributed by atoms with E-state index in [2.05, 4.69) is 67.8 Å². The number of benzene rings is 1. The van der Waals surface area contributed by atoms with Gasteiger partial charge in [0.05, 0.1) is 0 Å². The predicted octanol–water partition coefficient (Wildman–Crippen LogP) is 4.11. The lowest BCUT2D eigenvalue weighted by molar-refractivity contribution is 0.426. The summed E-state index contributed by atoms with van der Waals surface area (Å²) in [5.74, 6) is 0. The van der Waals surface area contributed by atoms with Crippen LogP contribution in [0.15, 0.2) is 28.9 Å². The molecule has 0 unspecified atom stereocenters. The van der Waals surface area contributed by atoms with E-state index in [1.54, 1.807) is 0 Å². The first-order valence-electron chi connectivity index (χ1n) is 8.31. The van der Waals surface area contributed by atoms with Gasteiger partial charge in [-0.3, -0.25) is 0 Å². The van der Waals surface area contributed by atoms with E-state index in [1.165, 1.54) is 0 Å². The van der Waals surface area contributed by atoms with Crippen LogP contribution in [0, 0.1) is 0 Å². The van der Waals surface area contributed by atoms with Crippen LogP contribution in [0.2, 0.25) is 16.6 Å². The number of hydrogen-bond donors (Lipinski definition) is 2. The lowest BCUT2D eigenvalue weighted by Crippen LogP contribution is -2.52. The summed E-state index contributed by atoms with van der Waals surface area (Å²) in [7, 11) is -3.39. The van der Waals surface area contributed by atoms with Gasteiger partial charge in [-0.2, -0.15) is 0 Å². The van der Waals surface area contributed by atoms with Gasteiger partial charge in [-0.1, -0.05) is 63.5 Å². The maximum Gasteiger partial charge on any atom is 0.490 e. The zero-order valence-electron chi connectivity index (χ0n) is 14.8. The Morgan fingerprint density at radius 2 is 1.52 bits per heavy atom. The average Bonchev–Trinajstić information content (AvgIpc) is 2.77. The van der Waals surface area contributed by atoms with Crippen molar-refractivity contribution in [1.82, 2.24) is 4.23 Å². The molecule has 0 atom stereocenters. The summed E-state index contributed by atoms with van der Waals surface area (Å²) in [6.07, 6.45) is 1.99. The van der Waals surface area contributed by atoms with E-state index >= 15 is 0 Å². The van der Waals surface area contributed by atoms with E-state index in [0.29, 0.717) is 22.1 Å². The Morgan fingerprint density at radius 1 is 1.00 bits per heavy atom. The molecule has 0 spiro atoms. The average molecular weight is 396 g/mol. The molecule has 2 rings (SSSR count). The Labute approximate surface area is 149 Å². The molecule has 1 aromatic heterocycles. The largest absolute Gasteiger partial charge is 0.490 e. The SMILES string of the molecule is CC(C)[Si](C(C)C)(C(C)C)n1cc(B(O)O)c2ccc(Br)cc21. The van der Waals surface area contributed by atoms with Gasteiger partial charge in [0, 0.05) is 15.5 Å². The number of nitrogens with zero attached hydrogens (tertiary/aromatic N) is 1. The number of rotatable bonds is 5. The number of hydrogen-bond acceptors (Lipinski definition) is 2. The molecule has 2 N–H and O–H groups in total. The highest BCUT2D eigenvalue weighted by atomic mass is 79.9. The smallest absolute Gasteiger partial charge is 0.423 e. The van der Waals surface area contributed by atoms with Crippen LogP contribution in [0.4, 0.5) is 0 Å². The van der Waals surface area contributed by atoms with Gasteiger partial charge in [-0.15, -0.1) is 0 Å². The summed E-state index contributed by atoms with van der Waals surface area (Å²) in [4.78, 5) is 0. The Bertz CT molecular complexity index is 675. The highest BCUT2D eigenvalue weighted by molar-refractivity contribution is 9.10. The Morgan fingerprint density at radius 3 is 1.96 bits per heavy atom. The zero-order valence-corrected chi connectivity index (χ0v) is 17.4. The standard InChI is InChI=1S/C17H27BBrNO2Si/c1-11(2)23(12(3)4,13(5)6)20-10-16(18(21)22)15-8-7-14(19)9-17(15)20/h7-13,21-22H,1-6H3. The number of aromatic nitrogens is 1. The Kier molecular flexibility index (Phi) is 5.51. The third kappa shape index (κ3) is 2.95. The van der Waals surface area contributed by atoms with Crippen LogP contribution >= 0.6 is 15.9 Å². The van der Waals surface area contributed by atoms with E-state index in [-0.39, 0.29) is 0 Å². The van der Waals surface area contributed by atoms with Crippen molar-refractivity contribution in [1.29, 1.82) is 0 Å².